The third-order valence-electron chi connectivity index (χ3n) is 5.09. The summed E-state index contributed by atoms with van der Waals surface area (Å²) in [5.74, 6) is -0.900. The molecule has 9 heteroatoms. The molecule has 32 heavy (non-hydrogen) atoms. The van der Waals surface area contributed by atoms with Gasteiger partial charge in [0.05, 0.1) is 5.69 Å². The molecule has 3 aromatic rings. The zero-order valence-electron chi connectivity index (χ0n) is 18.1. The zero-order valence-corrected chi connectivity index (χ0v) is 19.7. The van der Waals surface area contributed by atoms with E-state index in [1.165, 1.54) is 18.7 Å². The molecular formula is C23H24ClN3O4S. The van der Waals surface area contributed by atoms with E-state index in [2.05, 4.69) is 5.10 Å². The molecule has 0 aliphatic carbocycles. The summed E-state index contributed by atoms with van der Waals surface area (Å²) < 4.78 is 28.0. The van der Waals surface area contributed by atoms with Crippen LogP contribution < -0.4 is 0 Å². The Balaban J connectivity index is 1.70. The lowest BCUT2D eigenvalue weighted by Gasteiger charge is -2.20. The van der Waals surface area contributed by atoms with Gasteiger partial charge >= 0.3 is 0 Å². The molecule has 0 aliphatic rings. The summed E-state index contributed by atoms with van der Waals surface area (Å²) in [4.78, 5) is 25.1. The predicted molar refractivity (Wildman–Crippen MR) is 123 cm³/mol. The Morgan fingerprint density at radius 3 is 2.12 bits per heavy atom. The normalized spacial score (nSPS) is 11.4. The molecule has 0 saturated heterocycles. The molecule has 1 amide bonds. The SMILES string of the molecule is CCN(C(=O)CCC(=O)c1ccc(-c2ccccc2)cc1)S(=O)(=O)c1c(C)nn(C)c1Cl. The standard InChI is InChI=1S/C23H24ClN3O4S/c1-4-27(32(30,31)22-16(2)25-26(3)23(22)24)21(29)15-14-20(28)19-12-10-18(11-13-19)17-8-6-5-7-9-17/h5-13H,4,14-15H2,1-3H3. The van der Waals surface area contributed by atoms with Gasteiger partial charge in [-0.25, -0.2) is 12.7 Å². The smallest absolute Gasteiger partial charge is 0.271 e. The monoisotopic (exact) mass is 473 g/mol. The molecule has 2 aromatic carbocycles. The average Bonchev–Trinajstić information content (AvgIpc) is 3.04. The fraction of sp³-hybridized carbons (Fsp3) is 0.261. The van der Waals surface area contributed by atoms with Gasteiger partial charge in [0, 0.05) is 32.0 Å². The van der Waals surface area contributed by atoms with E-state index >= 15 is 0 Å². The summed E-state index contributed by atoms with van der Waals surface area (Å²) >= 11 is 6.10. The van der Waals surface area contributed by atoms with Crippen molar-refractivity contribution in [2.75, 3.05) is 6.54 Å². The number of aryl methyl sites for hydroxylation is 2. The van der Waals surface area contributed by atoms with Crippen molar-refractivity contribution in [2.24, 2.45) is 7.05 Å². The van der Waals surface area contributed by atoms with Crippen molar-refractivity contribution in [2.45, 2.75) is 31.6 Å². The maximum atomic E-state index is 13.0. The van der Waals surface area contributed by atoms with Crippen LogP contribution >= 0.6 is 11.6 Å². The number of amides is 1. The van der Waals surface area contributed by atoms with Crippen LogP contribution in [0.15, 0.2) is 59.5 Å². The molecule has 0 atom stereocenters. The highest BCUT2D eigenvalue weighted by Crippen LogP contribution is 2.28. The second kappa shape index (κ2) is 9.67. The number of nitrogens with zero attached hydrogens (tertiary/aromatic N) is 3. The lowest BCUT2D eigenvalue weighted by Crippen LogP contribution is -2.37. The molecule has 3 rings (SSSR count). The van der Waals surface area contributed by atoms with Gasteiger partial charge in [-0.3, -0.25) is 14.3 Å². The topological polar surface area (TPSA) is 89.3 Å². The van der Waals surface area contributed by atoms with Crippen LogP contribution in [0.2, 0.25) is 5.15 Å². The van der Waals surface area contributed by atoms with Gasteiger partial charge in [-0.15, -0.1) is 0 Å². The maximum absolute atomic E-state index is 13.0. The summed E-state index contributed by atoms with van der Waals surface area (Å²) in [7, 11) is -2.66. The van der Waals surface area contributed by atoms with Crippen molar-refractivity contribution in [1.82, 2.24) is 14.1 Å². The van der Waals surface area contributed by atoms with E-state index in [4.69, 9.17) is 11.6 Å². The van der Waals surface area contributed by atoms with Gasteiger partial charge in [-0.05, 0) is 25.0 Å². The molecule has 0 bridgehead atoms. The van der Waals surface area contributed by atoms with E-state index in [0.29, 0.717) is 5.56 Å². The Kier molecular flexibility index (Phi) is 7.16. The minimum Gasteiger partial charge on any atom is -0.294 e. The first-order valence-corrected chi connectivity index (χ1v) is 11.9. The summed E-state index contributed by atoms with van der Waals surface area (Å²) in [6, 6.07) is 16.9. The van der Waals surface area contributed by atoms with Gasteiger partial charge < -0.3 is 0 Å². The van der Waals surface area contributed by atoms with Crippen LogP contribution in [-0.4, -0.2) is 40.7 Å². The Bertz CT molecular complexity index is 1240. The summed E-state index contributed by atoms with van der Waals surface area (Å²) in [5.41, 5.74) is 2.69. The quantitative estimate of drug-likeness (QED) is 0.456. The summed E-state index contributed by atoms with van der Waals surface area (Å²) in [6.07, 6.45) is -0.335. The molecule has 0 aliphatic heterocycles. The van der Waals surface area contributed by atoms with Gasteiger partial charge in [-0.1, -0.05) is 66.2 Å². The van der Waals surface area contributed by atoms with Crippen molar-refractivity contribution in [1.29, 1.82) is 0 Å². The number of carbonyl (C=O) groups excluding carboxylic acids is 2. The summed E-state index contributed by atoms with van der Waals surface area (Å²) in [5, 5.41) is 3.94. The minimum atomic E-state index is -4.18. The van der Waals surface area contributed by atoms with E-state index in [1.54, 1.807) is 19.1 Å². The lowest BCUT2D eigenvalue weighted by molar-refractivity contribution is -0.126. The average molecular weight is 474 g/mol. The van der Waals surface area contributed by atoms with Crippen molar-refractivity contribution in [3.63, 3.8) is 0 Å². The van der Waals surface area contributed by atoms with E-state index in [-0.39, 0.29) is 40.9 Å². The second-order valence-electron chi connectivity index (χ2n) is 7.26. The number of aromatic nitrogens is 2. The van der Waals surface area contributed by atoms with E-state index in [0.717, 1.165) is 15.4 Å². The molecule has 0 N–H and O–H groups in total. The number of hydrogen-bond donors (Lipinski definition) is 0. The van der Waals surface area contributed by atoms with Crippen LogP contribution in [-0.2, 0) is 21.9 Å². The van der Waals surface area contributed by atoms with Crippen molar-refractivity contribution < 1.29 is 18.0 Å². The van der Waals surface area contributed by atoms with Crippen LogP contribution in [0.5, 0.6) is 0 Å². The number of Topliss-reactive ketones (excluding diaryl/α,β-unsaturated/α-hetero) is 1. The number of sulfonamides is 1. The van der Waals surface area contributed by atoms with Crippen LogP contribution in [0.1, 0.15) is 35.8 Å². The number of rotatable bonds is 8. The maximum Gasteiger partial charge on any atom is 0.271 e. The Morgan fingerprint density at radius 2 is 1.59 bits per heavy atom. The van der Waals surface area contributed by atoms with Gasteiger partial charge in [0.1, 0.15) is 10.0 Å². The molecule has 0 fully saturated rings. The first-order valence-electron chi connectivity index (χ1n) is 10.1. The van der Waals surface area contributed by atoms with Crippen LogP contribution in [0.25, 0.3) is 11.1 Å². The van der Waals surface area contributed by atoms with Gasteiger partial charge in [0.2, 0.25) is 5.91 Å². The lowest BCUT2D eigenvalue weighted by atomic mass is 10.0. The van der Waals surface area contributed by atoms with Crippen LogP contribution in [0, 0.1) is 6.92 Å². The highest BCUT2D eigenvalue weighted by atomic mass is 35.5. The molecule has 0 spiro atoms. The molecule has 7 nitrogen and oxygen atoms in total. The third-order valence-corrected chi connectivity index (χ3v) is 7.69. The Hall–Kier alpha value is -2.97. The van der Waals surface area contributed by atoms with Gasteiger partial charge in [0.25, 0.3) is 10.0 Å². The largest absolute Gasteiger partial charge is 0.294 e. The number of benzene rings is 2. The second-order valence-corrected chi connectivity index (χ2v) is 9.42. The van der Waals surface area contributed by atoms with Crippen molar-refractivity contribution in [3.05, 3.63) is 71.0 Å². The fourth-order valence-corrected chi connectivity index (χ4v) is 5.61. The molecule has 0 unspecified atom stereocenters. The zero-order chi connectivity index (χ0) is 23.5. The molecule has 0 radical (unpaired) electrons. The Labute approximate surface area is 192 Å². The molecule has 0 saturated carbocycles. The number of ketones is 1. The molecular weight excluding hydrogens is 450 g/mol. The fourth-order valence-electron chi connectivity index (χ4n) is 3.46. The van der Waals surface area contributed by atoms with Gasteiger partial charge in [-0.2, -0.15) is 5.10 Å². The number of carbonyl (C=O) groups is 2. The Morgan fingerprint density at radius 1 is 1.00 bits per heavy atom. The van der Waals surface area contributed by atoms with Crippen molar-refractivity contribution >= 4 is 33.3 Å². The van der Waals surface area contributed by atoms with Gasteiger partial charge in [0.15, 0.2) is 5.78 Å². The first-order chi connectivity index (χ1) is 15.2. The first kappa shape index (κ1) is 23.7. The van der Waals surface area contributed by atoms with Crippen LogP contribution in [0.3, 0.4) is 0 Å². The molecule has 1 heterocycles. The minimum absolute atomic E-state index is 0.0664. The number of hydrogen-bond acceptors (Lipinski definition) is 5. The molecule has 168 valence electrons. The highest BCUT2D eigenvalue weighted by Gasteiger charge is 2.33. The summed E-state index contributed by atoms with van der Waals surface area (Å²) in [6.45, 7) is 2.99. The molecule has 1 aromatic heterocycles. The highest BCUT2D eigenvalue weighted by molar-refractivity contribution is 7.89. The number of halogens is 1. The van der Waals surface area contributed by atoms with Crippen molar-refractivity contribution in [3.8, 4) is 11.1 Å². The van der Waals surface area contributed by atoms with E-state index < -0.39 is 15.9 Å². The predicted octanol–water partition coefficient (Wildman–Crippen LogP) is 4.25. The van der Waals surface area contributed by atoms with E-state index in [1.807, 2.05) is 42.5 Å². The van der Waals surface area contributed by atoms with E-state index in [9.17, 15) is 18.0 Å². The third kappa shape index (κ3) is 4.76. The van der Waals surface area contributed by atoms with Crippen LogP contribution in [0.4, 0.5) is 0 Å².